The van der Waals surface area contributed by atoms with Crippen molar-refractivity contribution in [2.45, 2.75) is 25.9 Å². The number of carbonyl (C=O) groups is 1. The van der Waals surface area contributed by atoms with Gasteiger partial charge in [0.15, 0.2) is 0 Å². The maximum atomic E-state index is 12.5. The molecule has 0 fully saturated rings. The number of fused-ring (bicyclic) bond motifs is 1. The van der Waals surface area contributed by atoms with E-state index in [1.54, 1.807) is 12.4 Å². The fourth-order valence-electron chi connectivity index (χ4n) is 2.79. The van der Waals surface area contributed by atoms with Gasteiger partial charge in [0.05, 0.1) is 5.92 Å². The summed E-state index contributed by atoms with van der Waals surface area (Å²) in [6.07, 6.45) is 3.51. The molecular weight excluding hydrogens is 262 g/mol. The van der Waals surface area contributed by atoms with Crippen molar-refractivity contribution >= 4 is 5.91 Å². The van der Waals surface area contributed by atoms with Crippen LogP contribution >= 0.6 is 0 Å². The highest BCUT2D eigenvalue weighted by atomic mass is 16.1. The Morgan fingerprint density at radius 2 is 2.29 bits per heavy atom. The van der Waals surface area contributed by atoms with Gasteiger partial charge in [-0.2, -0.15) is 0 Å². The van der Waals surface area contributed by atoms with Gasteiger partial charge in [0.25, 0.3) is 0 Å². The standard InChI is InChI=1S/C17H19N3O/c1-12-4-2-6-14-15(12)10-19-11-16(14)17(21)20-9-13-5-3-7-18-8-13/h2-8,16,19H,9-11H2,1H3,(H,20,21). The van der Waals surface area contributed by atoms with Crippen LogP contribution in [-0.2, 0) is 17.9 Å². The van der Waals surface area contributed by atoms with E-state index in [0.29, 0.717) is 13.1 Å². The smallest absolute Gasteiger partial charge is 0.229 e. The Morgan fingerprint density at radius 1 is 1.38 bits per heavy atom. The van der Waals surface area contributed by atoms with Crippen LogP contribution in [0.1, 0.15) is 28.2 Å². The molecule has 3 rings (SSSR count). The van der Waals surface area contributed by atoms with Gasteiger partial charge in [0.2, 0.25) is 5.91 Å². The molecule has 2 aromatic rings. The molecule has 1 unspecified atom stereocenters. The second-order valence-electron chi connectivity index (χ2n) is 5.41. The van der Waals surface area contributed by atoms with Crippen LogP contribution in [0.2, 0.25) is 0 Å². The Labute approximate surface area is 124 Å². The number of nitrogens with zero attached hydrogens (tertiary/aromatic N) is 1. The lowest BCUT2D eigenvalue weighted by molar-refractivity contribution is -0.122. The van der Waals surface area contributed by atoms with Crippen LogP contribution in [-0.4, -0.2) is 17.4 Å². The normalized spacial score (nSPS) is 17.1. The summed E-state index contributed by atoms with van der Waals surface area (Å²) in [5, 5.41) is 6.35. The molecule has 4 nitrogen and oxygen atoms in total. The van der Waals surface area contributed by atoms with E-state index in [2.05, 4.69) is 34.7 Å². The molecule has 2 N–H and O–H groups in total. The van der Waals surface area contributed by atoms with E-state index in [4.69, 9.17) is 0 Å². The lowest BCUT2D eigenvalue weighted by atomic mass is 9.88. The summed E-state index contributed by atoms with van der Waals surface area (Å²) in [5.74, 6) is -0.0526. The Bertz CT molecular complexity index is 640. The van der Waals surface area contributed by atoms with Gasteiger partial charge < -0.3 is 10.6 Å². The highest BCUT2D eigenvalue weighted by Crippen LogP contribution is 2.26. The Morgan fingerprint density at radius 3 is 3.10 bits per heavy atom. The van der Waals surface area contributed by atoms with E-state index in [0.717, 1.165) is 17.7 Å². The first kappa shape index (κ1) is 13.8. The van der Waals surface area contributed by atoms with Gasteiger partial charge >= 0.3 is 0 Å². The number of aromatic nitrogens is 1. The molecule has 21 heavy (non-hydrogen) atoms. The Balaban J connectivity index is 1.73. The highest BCUT2D eigenvalue weighted by molar-refractivity contribution is 5.84. The zero-order valence-corrected chi connectivity index (χ0v) is 12.1. The van der Waals surface area contributed by atoms with Crippen LogP contribution in [0.25, 0.3) is 0 Å². The summed E-state index contributed by atoms with van der Waals surface area (Å²) in [5.41, 5.74) is 4.66. The zero-order valence-electron chi connectivity index (χ0n) is 12.1. The zero-order chi connectivity index (χ0) is 14.7. The third-order valence-corrected chi connectivity index (χ3v) is 3.98. The van der Waals surface area contributed by atoms with Crippen LogP contribution in [0.4, 0.5) is 0 Å². The minimum absolute atomic E-state index is 0.0675. The van der Waals surface area contributed by atoms with Gasteiger partial charge in [0.1, 0.15) is 0 Å². The number of benzene rings is 1. The molecule has 0 aliphatic carbocycles. The number of amides is 1. The molecule has 0 spiro atoms. The van der Waals surface area contributed by atoms with E-state index in [-0.39, 0.29) is 11.8 Å². The van der Waals surface area contributed by atoms with Crippen molar-refractivity contribution in [1.29, 1.82) is 0 Å². The van der Waals surface area contributed by atoms with E-state index in [9.17, 15) is 4.79 Å². The van der Waals surface area contributed by atoms with Crippen LogP contribution in [0.3, 0.4) is 0 Å². The van der Waals surface area contributed by atoms with E-state index in [1.165, 1.54) is 11.1 Å². The number of hydrogen-bond acceptors (Lipinski definition) is 3. The molecule has 0 saturated heterocycles. The van der Waals surface area contributed by atoms with Gasteiger partial charge in [0, 0.05) is 32.0 Å². The third-order valence-electron chi connectivity index (χ3n) is 3.98. The van der Waals surface area contributed by atoms with E-state index < -0.39 is 0 Å². The molecule has 1 amide bonds. The maximum absolute atomic E-state index is 12.5. The van der Waals surface area contributed by atoms with Crippen LogP contribution < -0.4 is 10.6 Å². The van der Waals surface area contributed by atoms with Crippen molar-refractivity contribution in [3.8, 4) is 0 Å². The van der Waals surface area contributed by atoms with Gasteiger partial charge in [-0.15, -0.1) is 0 Å². The first-order valence-corrected chi connectivity index (χ1v) is 7.21. The second-order valence-corrected chi connectivity index (χ2v) is 5.41. The molecule has 108 valence electrons. The molecule has 1 aromatic carbocycles. The number of carbonyl (C=O) groups excluding carboxylic acids is 1. The number of rotatable bonds is 3. The van der Waals surface area contributed by atoms with Crippen molar-refractivity contribution in [2.75, 3.05) is 6.54 Å². The first-order chi connectivity index (χ1) is 10.3. The van der Waals surface area contributed by atoms with E-state index >= 15 is 0 Å². The summed E-state index contributed by atoms with van der Waals surface area (Å²) in [6.45, 7) is 4.14. The van der Waals surface area contributed by atoms with Crippen LogP contribution in [0.5, 0.6) is 0 Å². The maximum Gasteiger partial charge on any atom is 0.229 e. The highest BCUT2D eigenvalue weighted by Gasteiger charge is 2.26. The molecule has 0 bridgehead atoms. The summed E-state index contributed by atoms with van der Waals surface area (Å²) in [6, 6.07) is 10.0. The van der Waals surface area contributed by atoms with Crippen molar-refractivity contribution in [3.05, 3.63) is 65.0 Å². The van der Waals surface area contributed by atoms with Gasteiger partial charge in [-0.1, -0.05) is 24.3 Å². The SMILES string of the molecule is Cc1cccc2c1CNCC2C(=O)NCc1cccnc1. The molecule has 2 heterocycles. The fourth-order valence-corrected chi connectivity index (χ4v) is 2.79. The van der Waals surface area contributed by atoms with Gasteiger partial charge in [-0.25, -0.2) is 0 Å². The number of nitrogens with one attached hydrogen (secondary N) is 2. The van der Waals surface area contributed by atoms with Crippen LogP contribution in [0.15, 0.2) is 42.7 Å². The lowest BCUT2D eigenvalue weighted by Gasteiger charge is -2.27. The average Bonchev–Trinajstić information content (AvgIpc) is 2.53. The largest absolute Gasteiger partial charge is 0.351 e. The monoisotopic (exact) mass is 281 g/mol. The van der Waals surface area contributed by atoms with Gasteiger partial charge in [-0.05, 0) is 35.2 Å². The van der Waals surface area contributed by atoms with Crippen LogP contribution in [0, 0.1) is 6.92 Å². The molecule has 1 aromatic heterocycles. The summed E-state index contributed by atoms with van der Waals surface area (Å²) in [7, 11) is 0. The molecule has 0 radical (unpaired) electrons. The van der Waals surface area contributed by atoms with Crippen molar-refractivity contribution in [2.24, 2.45) is 0 Å². The number of pyridine rings is 1. The molecular formula is C17H19N3O. The molecule has 1 atom stereocenters. The summed E-state index contributed by atoms with van der Waals surface area (Å²) < 4.78 is 0. The molecule has 1 aliphatic rings. The summed E-state index contributed by atoms with van der Waals surface area (Å²) in [4.78, 5) is 16.5. The number of hydrogen-bond donors (Lipinski definition) is 2. The second kappa shape index (κ2) is 6.06. The number of aryl methyl sites for hydroxylation is 1. The minimum atomic E-state index is -0.120. The summed E-state index contributed by atoms with van der Waals surface area (Å²) >= 11 is 0. The predicted octanol–water partition coefficient (Wildman–Crippen LogP) is 1.89. The molecule has 1 aliphatic heterocycles. The van der Waals surface area contributed by atoms with E-state index in [1.807, 2.05) is 18.2 Å². The first-order valence-electron chi connectivity index (χ1n) is 7.21. The Kier molecular flexibility index (Phi) is 3.97. The average molecular weight is 281 g/mol. The fraction of sp³-hybridized carbons (Fsp3) is 0.294. The Hall–Kier alpha value is -2.20. The topological polar surface area (TPSA) is 54.0 Å². The quantitative estimate of drug-likeness (QED) is 0.903. The molecule has 4 heteroatoms. The van der Waals surface area contributed by atoms with Crippen molar-refractivity contribution in [1.82, 2.24) is 15.6 Å². The van der Waals surface area contributed by atoms with Crippen molar-refractivity contribution in [3.63, 3.8) is 0 Å². The molecule has 0 saturated carbocycles. The lowest BCUT2D eigenvalue weighted by Crippen LogP contribution is -2.38. The third kappa shape index (κ3) is 2.95. The minimum Gasteiger partial charge on any atom is -0.351 e. The van der Waals surface area contributed by atoms with Crippen molar-refractivity contribution < 1.29 is 4.79 Å². The predicted molar refractivity (Wildman–Crippen MR) is 81.7 cm³/mol. The van der Waals surface area contributed by atoms with Gasteiger partial charge in [-0.3, -0.25) is 9.78 Å².